The van der Waals surface area contributed by atoms with E-state index in [4.69, 9.17) is 15.6 Å². The van der Waals surface area contributed by atoms with Crippen molar-refractivity contribution < 1.29 is 24.2 Å². The van der Waals surface area contributed by atoms with Gasteiger partial charge in [-0.25, -0.2) is 4.79 Å². The number of hydrogen-bond donors (Lipinski definition) is 2. The van der Waals surface area contributed by atoms with Gasteiger partial charge in [-0.3, -0.25) is 9.59 Å². The summed E-state index contributed by atoms with van der Waals surface area (Å²) in [6, 6.07) is -1.47. The smallest absolute Gasteiger partial charge is 0.321 e. The molecule has 0 saturated carbocycles. The lowest BCUT2D eigenvalue weighted by atomic mass is 10.2. The van der Waals surface area contributed by atoms with E-state index in [-0.39, 0.29) is 31.6 Å². The fourth-order valence-corrected chi connectivity index (χ4v) is 3.57. The summed E-state index contributed by atoms with van der Waals surface area (Å²) in [6.07, 6.45) is -0.0929. The number of urea groups is 1. The molecule has 3 amide bonds. The van der Waals surface area contributed by atoms with Gasteiger partial charge in [0.2, 0.25) is 5.91 Å². The monoisotopic (exact) mass is 317 g/mol. The number of carbonyl (C=O) groups is 3. The van der Waals surface area contributed by atoms with Crippen LogP contribution in [0.1, 0.15) is 6.42 Å². The second-order valence-electron chi connectivity index (χ2n) is 4.99. The van der Waals surface area contributed by atoms with E-state index in [1.807, 2.05) is 0 Å². The summed E-state index contributed by atoms with van der Waals surface area (Å²) in [7, 11) is 0. The van der Waals surface area contributed by atoms with E-state index in [9.17, 15) is 14.4 Å². The molecule has 2 fully saturated rings. The van der Waals surface area contributed by atoms with E-state index < -0.39 is 17.9 Å². The fraction of sp³-hybridized carbons (Fsp3) is 0.750. The predicted octanol–water partition coefficient (Wildman–Crippen LogP) is -0.815. The second-order valence-corrected chi connectivity index (χ2v) is 6.14. The van der Waals surface area contributed by atoms with Crippen molar-refractivity contribution in [1.82, 2.24) is 9.80 Å². The second kappa shape index (κ2) is 6.99. The highest BCUT2D eigenvalue weighted by molar-refractivity contribution is 7.99. The number of rotatable bonds is 3. The summed E-state index contributed by atoms with van der Waals surface area (Å²) < 4.78 is 5.19. The Hall–Kier alpha value is -1.48. The van der Waals surface area contributed by atoms with Crippen LogP contribution in [0.5, 0.6) is 0 Å². The topological polar surface area (TPSA) is 113 Å². The molecular weight excluding hydrogens is 298 g/mol. The number of morpholine rings is 1. The molecule has 8 nitrogen and oxygen atoms in total. The molecule has 118 valence electrons. The van der Waals surface area contributed by atoms with Gasteiger partial charge in [0.05, 0.1) is 25.7 Å². The summed E-state index contributed by atoms with van der Waals surface area (Å²) >= 11 is 1.63. The summed E-state index contributed by atoms with van der Waals surface area (Å²) in [6.45, 7) is 1.20. The molecule has 0 aliphatic carbocycles. The number of amides is 3. The number of aliphatic carboxylic acids is 1. The van der Waals surface area contributed by atoms with Crippen LogP contribution >= 0.6 is 11.8 Å². The first kappa shape index (κ1) is 15.9. The van der Waals surface area contributed by atoms with Crippen LogP contribution in [0.25, 0.3) is 0 Å². The molecule has 2 atom stereocenters. The van der Waals surface area contributed by atoms with Gasteiger partial charge in [-0.2, -0.15) is 11.8 Å². The Balaban J connectivity index is 2.11. The zero-order chi connectivity index (χ0) is 15.4. The fourth-order valence-electron chi connectivity index (χ4n) is 2.51. The van der Waals surface area contributed by atoms with E-state index in [1.54, 1.807) is 16.7 Å². The first-order valence-electron chi connectivity index (χ1n) is 6.74. The van der Waals surface area contributed by atoms with Gasteiger partial charge in [0.1, 0.15) is 6.04 Å². The highest BCUT2D eigenvalue weighted by Crippen LogP contribution is 2.22. The van der Waals surface area contributed by atoms with E-state index in [0.717, 1.165) is 5.75 Å². The van der Waals surface area contributed by atoms with E-state index in [1.165, 1.54) is 4.90 Å². The third kappa shape index (κ3) is 3.79. The maximum absolute atomic E-state index is 12.6. The standard InChI is InChI=1S/C12H19N3O5S/c13-11(18)9-6-20-3-1-15(9)12(19)14-2-4-21-7-8(14)5-10(16)17/h8-9H,1-7H2,(H2,13,18)(H,16,17). The minimum atomic E-state index is -0.936. The number of nitrogens with zero attached hydrogens (tertiary/aromatic N) is 2. The minimum absolute atomic E-state index is 0.0905. The van der Waals surface area contributed by atoms with Crippen molar-refractivity contribution >= 4 is 29.7 Å². The molecule has 0 radical (unpaired) electrons. The van der Waals surface area contributed by atoms with Crippen LogP contribution in [-0.4, -0.2) is 82.7 Å². The molecule has 0 bridgehead atoms. The molecule has 0 aromatic rings. The number of ether oxygens (including phenoxy) is 1. The predicted molar refractivity (Wildman–Crippen MR) is 76.0 cm³/mol. The van der Waals surface area contributed by atoms with Crippen LogP contribution in [0.3, 0.4) is 0 Å². The number of carbonyl (C=O) groups excluding carboxylic acids is 2. The number of thioether (sulfide) groups is 1. The number of nitrogens with two attached hydrogens (primary N) is 1. The highest BCUT2D eigenvalue weighted by Gasteiger charge is 2.37. The number of hydrogen-bond acceptors (Lipinski definition) is 5. The summed E-state index contributed by atoms with van der Waals surface area (Å²) in [5.74, 6) is -0.199. The van der Waals surface area contributed by atoms with Crippen molar-refractivity contribution in [2.45, 2.75) is 18.5 Å². The third-order valence-corrected chi connectivity index (χ3v) is 4.68. The molecule has 21 heavy (non-hydrogen) atoms. The molecule has 0 aromatic heterocycles. The quantitative estimate of drug-likeness (QED) is 0.703. The van der Waals surface area contributed by atoms with Crippen LogP contribution in [0, 0.1) is 0 Å². The van der Waals surface area contributed by atoms with Crippen LogP contribution in [0.4, 0.5) is 4.79 Å². The van der Waals surface area contributed by atoms with Crippen molar-refractivity contribution in [2.75, 3.05) is 37.8 Å². The van der Waals surface area contributed by atoms with E-state index >= 15 is 0 Å². The average Bonchev–Trinajstić information content (AvgIpc) is 2.46. The number of primary amides is 1. The summed E-state index contributed by atoms with van der Waals surface area (Å²) in [4.78, 5) is 38.0. The highest BCUT2D eigenvalue weighted by atomic mass is 32.2. The van der Waals surface area contributed by atoms with Crippen LogP contribution in [0.15, 0.2) is 0 Å². The van der Waals surface area contributed by atoms with Crippen molar-refractivity contribution in [2.24, 2.45) is 5.73 Å². The third-order valence-electron chi connectivity index (χ3n) is 3.59. The molecule has 2 aliphatic heterocycles. The lowest BCUT2D eigenvalue weighted by molar-refractivity contribution is -0.138. The maximum atomic E-state index is 12.6. The zero-order valence-corrected chi connectivity index (χ0v) is 12.4. The van der Waals surface area contributed by atoms with E-state index in [0.29, 0.717) is 18.9 Å². The van der Waals surface area contributed by atoms with Crippen molar-refractivity contribution in [3.63, 3.8) is 0 Å². The largest absolute Gasteiger partial charge is 0.481 e. The van der Waals surface area contributed by atoms with Gasteiger partial charge >= 0.3 is 12.0 Å². The van der Waals surface area contributed by atoms with Gasteiger partial charge in [0.15, 0.2) is 0 Å². The average molecular weight is 317 g/mol. The van der Waals surface area contributed by atoms with Gasteiger partial charge in [0.25, 0.3) is 0 Å². The first-order chi connectivity index (χ1) is 10.0. The molecule has 2 rings (SSSR count). The molecule has 2 unspecified atom stereocenters. The van der Waals surface area contributed by atoms with Crippen LogP contribution in [0.2, 0.25) is 0 Å². The lowest BCUT2D eigenvalue weighted by Crippen LogP contribution is -2.61. The molecule has 0 spiro atoms. The van der Waals surface area contributed by atoms with Crippen LogP contribution < -0.4 is 5.73 Å². The van der Waals surface area contributed by atoms with Crippen molar-refractivity contribution in [3.8, 4) is 0 Å². The zero-order valence-electron chi connectivity index (χ0n) is 11.6. The number of carboxylic acid groups (broad SMARTS) is 1. The molecule has 2 aliphatic rings. The Morgan fingerprint density at radius 2 is 2.05 bits per heavy atom. The molecule has 2 saturated heterocycles. The normalized spacial score (nSPS) is 26.5. The Bertz CT molecular complexity index is 433. The summed E-state index contributed by atoms with van der Waals surface area (Å²) in [5.41, 5.74) is 5.31. The summed E-state index contributed by atoms with van der Waals surface area (Å²) in [5, 5.41) is 8.96. The Kier molecular flexibility index (Phi) is 5.29. The van der Waals surface area contributed by atoms with Crippen molar-refractivity contribution in [1.29, 1.82) is 0 Å². The molecular formula is C12H19N3O5S. The Morgan fingerprint density at radius 3 is 2.71 bits per heavy atom. The van der Waals surface area contributed by atoms with Crippen LogP contribution in [-0.2, 0) is 14.3 Å². The number of carboxylic acids is 1. The minimum Gasteiger partial charge on any atom is -0.481 e. The maximum Gasteiger partial charge on any atom is 0.321 e. The first-order valence-corrected chi connectivity index (χ1v) is 7.90. The van der Waals surface area contributed by atoms with Gasteiger partial charge in [-0.05, 0) is 0 Å². The SMILES string of the molecule is NC(=O)C1COCCN1C(=O)N1CCSCC1CC(=O)O. The molecule has 2 heterocycles. The van der Waals surface area contributed by atoms with Crippen molar-refractivity contribution in [3.05, 3.63) is 0 Å². The van der Waals surface area contributed by atoms with Gasteiger partial charge in [-0.1, -0.05) is 0 Å². The Morgan fingerprint density at radius 1 is 1.29 bits per heavy atom. The molecule has 0 aromatic carbocycles. The Labute approximate surface area is 126 Å². The molecule has 9 heteroatoms. The van der Waals surface area contributed by atoms with Gasteiger partial charge in [-0.15, -0.1) is 0 Å². The molecule has 3 N–H and O–H groups in total. The lowest BCUT2D eigenvalue weighted by Gasteiger charge is -2.41. The van der Waals surface area contributed by atoms with E-state index in [2.05, 4.69) is 0 Å². The van der Waals surface area contributed by atoms with Gasteiger partial charge in [0, 0.05) is 24.6 Å². The van der Waals surface area contributed by atoms with Gasteiger partial charge < -0.3 is 25.4 Å².